The zero-order chi connectivity index (χ0) is 15.4. The summed E-state index contributed by atoms with van der Waals surface area (Å²) in [6, 6.07) is -0.992. The van der Waals surface area contributed by atoms with E-state index in [1.54, 1.807) is 27.7 Å². The molecule has 110 valence electrons. The van der Waals surface area contributed by atoms with E-state index >= 15 is 0 Å². The van der Waals surface area contributed by atoms with Gasteiger partial charge in [-0.25, -0.2) is 4.79 Å². The van der Waals surface area contributed by atoms with Crippen LogP contribution >= 0.6 is 0 Å². The highest BCUT2D eigenvalue weighted by molar-refractivity contribution is 5.87. The molecular formula is C13H23NO5. The van der Waals surface area contributed by atoms with Crippen molar-refractivity contribution in [3.8, 4) is 0 Å². The third kappa shape index (κ3) is 4.89. The fourth-order valence-electron chi connectivity index (χ4n) is 1.68. The zero-order valence-electron chi connectivity index (χ0n) is 12.1. The maximum Gasteiger partial charge on any atom is 0.326 e. The second-order valence-corrected chi connectivity index (χ2v) is 5.71. The molecule has 0 aliphatic rings. The van der Waals surface area contributed by atoms with E-state index in [1.165, 1.54) is 11.8 Å². The largest absolute Gasteiger partial charge is 0.481 e. The van der Waals surface area contributed by atoms with Crippen LogP contribution in [-0.4, -0.2) is 45.5 Å². The molecule has 0 bridgehead atoms. The summed E-state index contributed by atoms with van der Waals surface area (Å²) in [5, 5.41) is 18.1. The number of amides is 1. The smallest absolute Gasteiger partial charge is 0.326 e. The van der Waals surface area contributed by atoms with Gasteiger partial charge in [-0.05, 0) is 6.42 Å². The van der Waals surface area contributed by atoms with Gasteiger partial charge in [0, 0.05) is 12.0 Å². The fourth-order valence-corrected chi connectivity index (χ4v) is 1.68. The minimum Gasteiger partial charge on any atom is -0.481 e. The van der Waals surface area contributed by atoms with Crippen LogP contribution < -0.4 is 0 Å². The van der Waals surface area contributed by atoms with Crippen molar-refractivity contribution in [1.82, 2.24) is 4.90 Å². The fraction of sp³-hybridized carbons (Fsp3) is 0.769. The van der Waals surface area contributed by atoms with Crippen molar-refractivity contribution >= 4 is 17.8 Å². The first kappa shape index (κ1) is 17.4. The van der Waals surface area contributed by atoms with Gasteiger partial charge in [0.15, 0.2) is 0 Å². The van der Waals surface area contributed by atoms with Crippen molar-refractivity contribution in [1.29, 1.82) is 0 Å². The van der Waals surface area contributed by atoms with Gasteiger partial charge in [-0.1, -0.05) is 34.6 Å². The van der Waals surface area contributed by atoms with E-state index in [-0.39, 0.29) is 18.9 Å². The molecule has 2 unspecified atom stereocenters. The first-order valence-corrected chi connectivity index (χ1v) is 6.29. The van der Waals surface area contributed by atoms with Crippen LogP contribution in [0.3, 0.4) is 0 Å². The predicted octanol–water partition coefficient (Wildman–Crippen LogP) is 1.44. The lowest BCUT2D eigenvalue weighted by molar-refractivity contribution is -0.156. The first-order valence-electron chi connectivity index (χ1n) is 6.29. The summed E-state index contributed by atoms with van der Waals surface area (Å²) in [6.45, 7) is 8.07. The molecule has 6 heteroatoms. The minimum absolute atomic E-state index is 0.101. The second kappa shape index (κ2) is 6.54. The summed E-state index contributed by atoms with van der Waals surface area (Å²) in [5.41, 5.74) is -0.749. The highest BCUT2D eigenvalue weighted by Crippen LogP contribution is 2.21. The number of hydrogen-bond acceptors (Lipinski definition) is 3. The molecule has 0 aliphatic heterocycles. The molecule has 0 spiro atoms. The number of carboxylic acid groups (broad SMARTS) is 2. The van der Waals surface area contributed by atoms with Gasteiger partial charge in [0.2, 0.25) is 5.91 Å². The number of rotatable bonds is 6. The van der Waals surface area contributed by atoms with E-state index < -0.39 is 29.3 Å². The molecule has 0 aromatic rings. The lowest BCUT2D eigenvalue weighted by Gasteiger charge is -2.34. The Bertz CT molecular complexity index is 359. The van der Waals surface area contributed by atoms with Crippen molar-refractivity contribution < 1.29 is 24.6 Å². The van der Waals surface area contributed by atoms with E-state index in [0.29, 0.717) is 0 Å². The summed E-state index contributed by atoms with van der Waals surface area (Å²) >= 11 is 0. The third-order valence-corrected chi connectivity index (χ3v) is 2.84. The summed E-state index contributed by atoms with van der Waals surface area (Å²) in [5.74, 6) is -3.32. The molecule has 0 rings (SSSR count). The van der Waals surface area contributed by atoms with E-state index in [1.807, 2.05) is 0 Å². The number of carboxylic acids is 2. The number of hydrogen-bond donors (Lipinski definition) is 2. The monoisotopic (exact) mass is 273 g/mol. The van der Waals surface area contributed by atoms with Crippen LogP contribution in [0.1, 0.15) is 41.0 Å². The van der Waals surface area contributed by atoms with Crippen molar-refractivity contribution in [2.75, 3.05) is 6.54 Å². The Kier molecular flexibility index (Phi) is 5.99. The van der Waals surface area contributed by atoms with E-state index in [9.17, 15) is 14.4 Å². The number of carbonyl (C=O) groups excluding carboxylic acids is 1. The summed E-state index contributed by atoms with van der Waals surface area (Å²) < 4.78 is 0. The average Bonchev–Trinajstić information content (AvgIpc) is 2.25. The molecule has 0 saturated heterocycles. The van der Waals surface area contributed by atoms with Crippen molar-refractivity contribution in [2.24, 2.45) is 11.3 Å². The zero-order valence-corrected chi connectivity index (χ0v) is 12.1. The van der Waals surface area contributed by atoms with Crippen LogP contribution in [0.5, 0.6) is 0 Å². The van der Waals surface area contributed by atoms with Crippen LogP contribution in [0.25, 0.3) is 0 Å². The van der Waals surface area contributed by atoms with Gasteiger partial charge in [-0.3, -0.25) is 9.59 Å². The summed E-state index contributed by atoms with van der Waals surface area (Å²) in [4.78, 5) is 35.6. The molecular weight excluding hydrogens is 250 g/mol. The quantitative estimate of drug-likeness (QED) is 0.763. The Hall–Kier alpha value is -1.59. The SMILES string of the molecule is CCC(C(=O)O)N(CC(C)C(=O)O)C(=O)C(C)(C)C. The van der Waals surface area contributed by atoms with E-state index in [4.69, 9.17) is 10.2 Å². The average molecular weight is 273 g/mol. The molecule has 1 amide bonds. The van der Waals surface area contributed by atoms with Crippen LogP contribution in [0.4, 0.5) is 0 Å². The molecule has 0 radical (unpaired) electrons. The molecule has 0 aliphatic carbocycles. The van der Waals surface area contributed by atoms with Crippen molar-refractivity contribution in [3.63, 3.8) is 0 Å². The Morgan fingerprint density at radius 2 is 1.58 bits per heavy atom. The molecule has 6 nitrogen and oxygen atoms in total. The van der Waals surface area contributed by atoms with Crippen LogP contribution in [0, 0.1) is 11.3 Å². The Balaban J connectivity index is 5.30. The van der Waals surface area contributed by atoms with Gasteiger partial charge < -0.3 is 15.1 Å². The topological polar surface area (TPSA) is 94.9 Å². The maximum atomic E-state index is 12.3. The molecule has 0 aromatic heterocycles. The van der Waals surface area contributed by atoms with Crippen LogP contribution in [0.15, 0.2) is 0 Å². The maximum absolute atomic E-state index is 12.3. The summed E-state index contributed by atoms with van der Waals surface area (Å²) in [7, 11) is 0. The standard InChI is InChI=1S/C13H23NO5/c1-6-9(11(17)18)14(7-8(2)10(15)16)12(19)13(3,4)5/h8-9H,6-7H2,1-5H3,(H,15,16)(H,17,18). The van der Waals surface area contributed by atoms with Gasteiger partial charge in [-0.15, -0.1) is 0 Å². The second-order valence-electron chi connectivity index (χ2n) is 5.71. The predicted molar refractivity (Wildman–Crippen MR) is 69.7 cm³/mol. The highest BCUT2D eigenvalue weighted by atomic mass is 16.4. The van der Waals surface area contributed by atoms with Crippen LogP contribution in [-0.2, 0) is 14.4 Å². The molecule has 0 fully saturated rings. The van der Waals surface area contributed by atoms with E-state index in [0.717, 1.165) is 0 Å². The Morgan fingerprint density at radius 3 is 1.84 bits per heavy atom. The minimum atomic E-state index is -1.11. The summed E-state index contributed by atoms with van der Waals surface area (Å²) in [6.07, 6.45) is 0.240. The van der Waals surface area contributed by atoms with Crippen molar-refractivity contribution in [2.45, 2.75) is 47.1 Å². The number of carbonyl (C=O) groups is 3. The van der Waals surface area contributed by atoms with Gasteiger partial charge in [0.05, 0.1) is 5.92 Å². The lowest BCUT2D eigenvalue weighted by Crippen LogP contribution is -2.51. The Morgan fingerprint density at radius 1 is 1.11 bits per heavy atom. The van der Waals surface area contributed by atoms with Gasteiger partial charge >= 0.3 is 11.9 Å². The van der Waals surface area contributed by atoms with E-state index in [2.05, 4.69) is 0 Å². The van der Waals surface area contributed by atoms with Crippen molar-refractivity contribution in [3.05, 3.63) is 0 Å². The lowest BCUT2D eigenvalue weighted by atomic mass is 9.92. The third-order valence-electron chi connectivity index (χ3n) is 2.84. The molecule has 2 N–H and O–H groups in total. The molecule has 0 aromatic carbocycles. The molecule has 19 heavy (non-hydrogen) atoms. The Labute approximate surface area is 113 Å². The van der Waals surface area contributed by atoms with Gasteiger partial charge in [0.25, 0.3) is 0 Å². The first-order chi connectivity index (χ1) is 8.52. The molecule has 2 atom stereocenters. The van der Waals surface area contributed by atoms with Crippen LogP contribution in [0.2, 0.25) is 0 Å². The van der Waals surface area contributed by atoms with Gasteiger partial charge in [0.1, 0.15) is 6.04 Å². The molecule has 0 heterocycles. The van der Waals surface area contributed by atoms with Gasteiger partial charge in [-0.2, -0.15) is 0 Å². The highest BCUT2D eigenvalue weighted by Gasteiger charge is 2.36. The number of nitrogens with zero attached hydrogens (tertiary/aromatic N) is 1. The normalized spacial score (nSPS) is 14.6. The number of aliphatic carboxylic acids is 2. The molecule has 0 saturated carbocycles.